The van der Waals surface area contributed by atoms with Gasteiger partial charge in [-0.15, -0.1) is 6.42 Å². The summed E-state index contributed by atoms with van der Waals surface area (Å²) < 4.78 is 64.2. The zero-order valence-corrected chi connectivity index (χ0v) is 37.9. The Balaban J connectivity index is -0.000000423. The number of hydrogen-bond donors (Lipinski definition) is 10. The molecule has 0 aromatic carbocycles. The van der Waals surface area contributed by atoms with Gasteiger partial charge in [-0.2, -0.15) is 0 Å². The zero-order valence-electron chi connectivity index (χ0n) is 35.2. The van der Waals surface area contributed by atoms with E-state index < -0.39 is 91.3 Å². The SMILES string of the molecule is C#CC#CC#CC#CC(=O)OC[C@H](COP(=O)(O)OC1C(O)[C@@H](OP(=O)(O)O)C(O)[C@@H](OP(=O)(O)O)[C@H]1O)OC(=O)CCCCCCCCCCCCCCC.CCCC(=O)NN.[HH].[HH].[HH].[HH].[HH].[HH].[HH]. The van der Waals surface area contributed by atoms with E-state index in [-0.39, 0.29) is 22.3 Å². The van der Waals surface area contributed by atoms with E-state index in [1.165, 1.54) is 44.9 Å². The molecule has 0 aromatic heterocycles. The maximum atomic E-state index is 13.0. The summed E-state index contributed by atoms with van der Waals surface area (Å²) in [6.07, 6.45) is 3.42. The number of nitrogens with two attached hydrogens (primary N) is 1. The first-order chi connectivity index (χ1) is 29.6. The molecule has 1 fully saturated rings. The molecule has 1 rings (SSSR count). The average molecular weight is 973 g/mol. The molecule has 1 aliphatic rings. The molecule has 1 aliphatic carbocycles. The number of nitrogens with one attached hydrogen (secondary N) is 1. The van der Waals surface area contributed by atoms with E-state index in [2.05, 4.69) is 45.6 Å². The van der Waals surface area contributed by atoms with Crippen molar-refractivity contribution in [2.45, 2.75) is 159 Å². The van der Waals surface area contributed by atoms with E-state index in [0.717, 1.165) is 32.1 Å². The fourth-order valence-corrected chi connectivity index (χ4v) is 7.69. The molecule has 25 heteroatoms. The van der Waals surface area contributed by atoms with Crippen molar-refractivity contribution >= 4 is 41.3 Å². The number of aliphatic hydroxyl groups is 3. The Kier molecular flexibility index (Phi) is 31.6. The van der Waals surface area contributed by atoms with Crippen LogP contribution in [0.25, 0.3) is 0 Å². The summed E-state index contributed by atoms with van der Waals surface area (Å²) in [5, 5.41) is 31.5. The van der Waals surface area contributed by atoms with Gasteiger partial charge in [0.2, 0.25) is 5.91 Å². The van der Waals surface area contributed by atoms with Gasteiger partial charge in [0.15, 0.2) is 6.10 Å². The third-order valence-electron chi connectivity index (χ3n) is 8.52. The number of hydrogen-bond acceptors (Lipinski definition) is 16. The topological polar surface area (TPSA) is 358 Å². The number of aliphatic hydroxyl groups excluding tert-OH is 3. The van der Waals surface area contributed by atoms with E-state index in [1.54, 1.807) is 0 Å². The highest BCUT2D eigenvalue weighted by Gasteiger charge is 2.56. The summed E-state index contributed by atoms with van der Waals surface area (Å²) in [7, 11) is -16.7. The monoisotopic (exact) mass is 972 g/mol. The predicted molar refractivity (Wildman–Crippen MR) is 238 cm³/mol. The molecule has 1 saturated carbocycles. The van der Waals surface area contributed by atoms with Crippen LogP contribution in [0.4, 0.5) is 0 Å². The van der Waals surface area contributed by atoms with E-state index in [0.29, 0.717) is 19.3 Å². The third kappa shape index (κ3) is 30.6. The van der Waals surface area contributed by atoms with Crippen LogP contribution in [-0.4, -0.2) is 114 Å². The summed E-state index contributed by atoms with van der Waals surface area (Å²) in [6.45, 7) is 2.30. The third-order valence-corrected chi connectivity index (χ3v) is 10.5. The largest absolute Gasteiger partial charge is 0.472 e. The fourth-order valence-electron chi connectivity index (χ4n) is 5.58. The molecule has 372 valence electrons. The van der Waals surface area contributed by atoms with E-state index in [4.69, 9.17) is 30.8 Å². The number of ether oxygens (including phenoxy) is 2. The normalized spacial score (nSPS) is 20.8. The molecule has 0 radical (unpaired) electrons. The first kappa shape index (κ1) is 59.8. The summed E-state index contributed by atoms with van der Waals surface area (Å²) in [4.78, 5) is 82.2. The molecule has 63 heavy (non-hydrogen) atoms. The Morgan fingerprint density at radius 3 is 1.52 bits per heavy atom. The molecule has 1 amide bonds. The molecule has 4 unspecified atom stereocenters. The standard InChI is InChI=1S/C34H51O19P3.C4H10N2O.7H2/c1-3-5-7-9-11-12-13-14-15-16-17-19-21-23-28(36)50-26(24-48-27(35)22-20-18-10-8-6-4-2)25-49-56(46,47)53-34-30(38)32(51-54(40,41)42)29(37)33(31(34)39)52-55(43,44)45;1-2-3-4(7)6-5;;;;;;;/h2,26,29-34,37-39H,3,5,7,9,11-17,19,21,23-25H2,1H3,(H,46,47)(H2,40,41,42)(H2,43,44,45);2-3,5H2,1H3,(H,6,7);7*1H/t26-,29?,30-,31?,32-,33+,34?;;;;;;;;/m1......../s1. The van der Waals surface area contributed by atoms with Gasteiger partial charge in [0, 0.05) is 28.7 Å². The second-order valence-corrected chi connectivity index (χ2v) is 17.6. The predicted octanol–water partition coefficient (Wildman–Crippen LogP) is 3.62. The average Bonchev–Trinajstić information content (AvgIpc) is 3.20. The molecular formula is C38H75N2O20P3. The summed E-state index contributed by atoms with van der Waals surface area (Å²) >= 11 is 0. The van der Waals surface area contributed by atoms with Crippen molar-refractivity contribution in [3.63, 3.8) is 0 Å². The molecule has 0 aromatic rings. The fraction of sp³-hybridized carbons (Fsp3) is 0.711. The highest BCUT2D eigenvalue weighted by molar-refractivity contribution is 7.47. The number of unbranched alkanes of at least 4 members (excludes halogenated alkanes) is 12. The van der Waals surface area contributed by atoms with Crippen LogP contribution in [0.1, 0.15) is 127 Å². The highest BCUT2D eigenvalue weighted by Crippen LogP contribution is 2.51. The van der Waals surface area contributed by atoms with Crippen LogP contribution in [0.5, 0.6) is 0 Å². The first-order valence-corrected chi connectivity index (χ1v) is 24.7. The van der Waals surface area contributed by atoms with Crippen molar-refractivity contribution in [2.24, 2.45) is 5.84 Å². The Bertz CT molecular complexity index is 1760. The van der Waals surface area contributed by atoms with Crippen molar-refractivity contribution in [3.05, 3.63) is 0 Å². The minimum atomic E-state index is -5.57. The highest BCUT2D eigenvalue weighted by atomic mass is 31.2. The van der Waals surface area contributed by atoms with E-state index in [9.17, 15) is 67.9 Å². The number of hydrazine groups is 1. The second kappa shape index (κ2) is 33.3. The quantitative estimate of drug-likeness (QED) is 0.00782. The first-order valence-electron chi connectivity index (χ1n) is 20.1. The molecule has 11 N–H and O–H groups in total. The van der Waals surface area contributed by atoms with Gasteiger partial charge in [0.05, 0.1) is 6.61 Å². The summed E-state index contributed by atoms with van der Waals surface area (Å²) in [5.74, 6) is 17.8. The molecule has 0 aliphatic heterocycles. The number of rotatable bonds is 28. The van der Waals surface area contributed by atoms with E-state index >= 15 is 0 Å². The van der Waals surface area contributed by atoms with Gasteiger partial charge in [-0.3, -0.25) is 33.1 Å². The van der Waals surface area contributed by atoms with Crippen molar-refractivity contribution in [3.8, 4) is 47.9 Å². The van der Waals surface area contributed by atoms with Crippen LogP contribution >= 0.6 is 23.5 Å². The van der Waals surface area contributed by atoms with Crippen LogP contribution < -0.4 is 11.3 Å². The van der Waals surface area contributed by atoms with Crippen LogP contribution in [0.2, 0.25) is 0 Å². The Morgan fingerprint density at radius 1 is 0.651 bits per heavy atom. The van der Waals surface area contributed by atoms with Gasteiger partial charge in [-0.05, 0) is 48.4 Å². The van der Waals surface area contributed by atoms with Crippen LogP contribution in [0.3, 0.4) is 0 Å². The van der Waals surface area contributed by atoms with Crippen LogP contribution in [-0.2, 0) is 55.6 Å². The number of esters is 2. The van der Waals surface area contributed by atoms with Crippen LogP contribution in [0, 0.1) is 47.9 Å². The van der Waals surface area contributed by atoms with Gasteiger partial charge >= 0.3 is 35.4 Å². The molecular weight excluding hydrogens is 897 g/mol. The number of phosphoric acid groups is 3. The Hall–Kier alpha value is -3.18. The Labute approximate surface area is 378 Å². The molecule has 0 saturated heterocycles. The molecule has 0 spiro atoms. The zero-order chi connectivity index (χ0) is 47.9. The number of phosphoric ester groups is 3. The second-order valence-electron chi connectivity index (χ2n) is 13.8. The summed E-state index contributed by atoms with van der Waals surface area (Å²) in [6, 6.07) is 0. The minimum Gasteiger partial charge on any atom is -0.456 e. The maximum Gasteiger partial charge on any atom is 0.472 e. The van der Waals surface area contributed by atoms with Crippen molar-refractivity contribution < 1.29 is 105 Å². The van der Waals surface area contributed by atoms with Crippen molar-refractivity contribution in [1.29, 1.82) is 0 Å². The van der Waals surface area contributed by atoms with E-state index in [1.807, 2.05) is 24.2 Å². The van der Waals surface area contributed by atoms with Gasteiger partial charge in [0.1, 0.15) is 43.2 Å². The Morgan fingerprint density at radius 2 is 1.10 bits per heavy atom. The van der Waals surface area contributed by atoms with Crippen molar-refractivity contribution in [1.82, 2.24) is 5.43 Å². The van der Waals surface area contributed by atoms with Crippen molar-refractivity contribution in [2.75, 3.05) is 13.2 Å². The van der Waals surface area contributed by atoms with Gasteiger partial charge in [-0.1, -0.05) is 90.9 Å². The minimum absolute atomic E-state index is 0. The molecule has 0 bridgehead atoms. The summed E-state index contributed by atoms with van der Waals surface area (Å²) in [5.41, 5.74) is 2.03. The number of carbonyl (C=O) groups excluding carboxylic acids is 3. The van der Waals surface area contributed by atoms with Gasteiger partial charge in [0.25, 0.3) is 0 Å². The van der Waals surface area contributed by atoms with Gasteiger partial charge < -0.3 is 49.3 Å². The lowest BCUT2D eigenvalue weighted by Gasteiger charge is -2.44. The van der Waals surface area contributed by atoms with Crippen LogP contribution in [0.15, 0.2) is 0 Å². The number of carbonyl (C=O) groups is 3. The lowest BCUT2D eigenvalue weighted by molar-refractivity contribution is -0.213. The lowest BCUT2D eigenvalue weighted by atomic mass is 9.85. The maximum absolute atomic E-state index is 13.0. The number of amides is 1. The molecule has 0 heterocycles. The molecule has 22 nitrogen and oxygen atoms in total. The lowest BCUT2D eigenvalue weighted by Crippen LogP contribution is -2.65. The number of terminal acetylenes is 1. The van der Waals surface area contributed by atoms with Gasteiger partial charge in [-0.25, -0.2) is 24.3 Å². The smallest absolute Gasteiger partial charge is 0.456 e. The molecule has 8 atom stereocenters.